The number of halogens is 1. The summed E-state index contributed by atoms with van der Waals surface area (Å²) >= 11 is 0. The second-order valence-corrected chi connectivity index (χ2v) is 5.84. The fourth-order valence-electron chi connectivity index (χ4n) is 1.66. The minimum Gasteiger partial charge on any atom is -0.311 e. The quantitative estimate of drug-likeness (QED) is 0.739. The molecule has 6 heteroatoms. The first-order valence-corrected chi connectivity index (χ1v) is 7.34. The van der Waals surface area contributed by atoms with Crippen LogP contribution in [0.5, 0.6) is 0 Å². The van der Waals surface area contributed by atoms with Crippen molar-refractivity contribution < 1.29 is 17.4 Å². The van der Waals surface area contributed by atoms with E-state index in [4.69, 9.17) is 4.55 Å². The minimum atomic E-state index is -4.25. The highest BCUT2D eigenvalue weighted by Gasteiger charge is 2.16. The van der Waals surface area contributed by atoms with E-state index in [1.807, 2.05) is 37.3 Å². The van der Waals surface area contributed by atoms with E-state index < -0.39 is 22.0 Å². The SMILES string of the molecule is CC(Cc1ccccc1)NC[C@@H](F)CS(=O)(=O)O. The molecule has 0 amide bonds. The molecule has 0 bridgehead atoms. The molecular formula is C12H18FNO3S. The molecule has 0 aliphatic rings. The molecule has 1 unspecified atom stereocenters. The number of nitrogens with one attached hydrogen (secondary N) is 1. The molecule has 0 aliphatic heterocycles. The van der Waals surface area contributed by atoms with E-state index in [1.165, 1.54) is 0 Å². The second-order valence-electron chi connectivity index (χ2n) is 4.34. The average molecular weight is 275 g/mol. The number of rotatable bonds is 7. The van der Waals surface area contributed by atoms with Crippen molar-refractivity contribution in [2.45, 2.75) is 25.6 Å². The van der Waals surface area contributed by atoms with Crippen LogP contribution < -0.4 is 5.32 Å². The molecule has 2 N–H and O–H groups in total. The van der Waals surface area contributed by atoms with Gasteiger partial charge in [-0.05, 0) is 18.9 Å². The second kappa shape index (κ2) is 6.82. The Morgan fingerprint density at radius 2 is 1.94 bits per heavy atom. The molecule has 0 fully saturated rings. The molecule has 1 aromatic rings. The molecule has 0 radical (unpaired) electrons. The van der Waals surface area contributed by atoms with Gasteiger partial charge < -0.3 is 5.32 Å². The van der Waals surface area contributed by atoms with Crippen LogP contribution in [0.1, 0.15) is 12.5 Å². The van der Waals surface area contributed by atoms with E-state index in [2.05, 4.69) is 5.32 Å². The maximum atomic E-state index is 13.2. The van der Waals surface area contributed by atoms with Crippen molar-refractivity contribution in [3.8, 4) is 0 Å². The Balaban J connectivity index is 2.31. The smallest absolute Gasteiger partial charge is 0.267 e. The topological polar surface area (TPSA) is 66.4 Å². The first-order chi connectivity index (χ1) is 8.37. The molecule has 1 rings (SSSR count). The van der Waals surface area contributed by atoms with Gasteiger partial charge in [-0.1, -0.05) is 30.3 Å². The summed E-state index contributed by atoms with van der Waals surface area (Å²) in [5.41, 5.74) is 1.13. The lowest BCUT2D eigenvalue weighted by atomic mass is 10.1. The van der Waals surface area contributed by atoms with E-state index >= 15 is 0 Å². The van der Waals surface area contributed by atoms with Crippen LogP contribution >= 0.6 is 0 Å². The van der Waals surface area contributed by atoms with Crippen LogP contribution in [0.3, 0.4) is 0 Å². The minimum absolute atomic E-state index is 0.0343. The largest absolute Gasteiger partial charge is 0.311 e. The Hall–Kier alpha value is -0.980. The molecule has 0 saturated heterocycles. The summed E-state index contributed by atoms with van der Waals surface area (Å²) in [6.07, 6.45) is -0.863. The summed E-state index contributed by atoms with van der Waals surface area (Å²) in [5.74, 6) is -0.863. The Morgan fingerprint density at radius 1 is 1.33 bits per heavy atom. The van der Waals surface area contributed by atoms with Crippen molar-refractivity contribution >= 4 is 10.1 Å². The van der Waals surface area contributed by atoms with Crippen LogP contribution in [-0.4, -0.2) is 37.5 Å². The molecule has 1 aromatic carbocycles. The van der Waals surface area contributed by atoms with Gasteiger partial charge in [0.25, 0.3) is 10.1 Å². The summed E-state index contributed by atoms with van der Waals surface area (Å²) in [6, 6.07) is 9.77. The monoisotopic (exact) mass is 275 g/mol. The van der Waals surface area contributed by atoms with E-state index in [1.54, 1.807) is 0 Å². The van der Waals surface area contributed by atoms with E-state index in [0.29, 0.717) is 0 Å². The van der Waals surface area contributed by atoms with E-state index in [-0.39, 0.29) is 12.6 Å². The van der Waals surface area contributed by atoms with Gasteiger partial charge in [0, 0.05) is 12.6 Å². The van der Waals surface area contributed by atoms with Gasteiger partial charge in [0.1, 0.15) is 11.9 Å². The zero-order valence-corrected chi connectivity index (χ0v) is 11.0. The molecule has 18 heavy (non-hydrogen) atoms. The van der Waals surface area contributed by atoms with Crippen molar-refractivity contribution in [2.24, 2.45) is 0 Å². The van der Waals surface area contributed by atoms with Crippen molar-refractivity contribution in [3.63, 3.8) is 0 Å². The normalized spacial score (nSPS) is 15.3. The van der Waals surface area contributed by atoms with Gasteiger partial charge in [-0.3, -0.25) is 4.55 Å². The lowest BCUT2D eigenvalue weighted by Gasteiger charge is -2.15. The predicted molar refractivity (Wildman–Crippen MR) is 68.9 cm³/mol. The van der Waals surface area contributed by atoms with Gasteiger partial charge in [0.2, 0.25) is 0 Å². The molecule has 0 aromatic heterocycles. The van der Waals surface area contributed by atoms with Gasteiger partial charge in [-0.15, -0.1) is 0 Å². The van der Waals surface area contributed by atoms with Crippen molar-refractivity contribution in [1.29, 1.82) is 0 Å². The predicted octanol–water partition coefficient (Wildman–Crippen LogP) is 1.43. The Kier molecular flexibility index (Phi) is 5.71. The van der Waals surface area contributed by atoms with Crippen LogP contribution in [-0.2, 0) is 16.5 Å². The van der Waals surface area contributed by atoms with Gasteiger partial charge in [0.05, 0.1) is 0 Å². The highest BCUT2D eigenvalue weighted by molar-refractivity contribution is 7.85. The zero-order chi connectivity index (χ0) is 13.6. The molecule has 2 atom stereocenters. The van der Waals surface area contributed by atoms with E-state index in [0.717, 1.165) is 12.0 Å². The summed E-state index contributed by atoms with van der Waals surface area (Å²) in [5, 5.41) is 2.90. The average Bonchev–Trinajstić information content (AvgIpc) is 2.25. The molecule has 0 heterocycles. The van der Waals surface area contributed by atoms with Crippen molar-refractivity contribution in [3.05, 3.63) is 35.9 Å². The highest BCUT2D eigenvalue weighted by atomic mass is 32.2. The van der Waals surface area contributed by atoms with E-state index in [9.17, 15) is 12.8 Å². The van der Waals surface area contributed by atoms with Crippen molar-refractivity contribution in [1.82, 2.24) is 5.32 Å². The summed E-state index contributed by atoms with van der Waals surface area (Å²) in [6.45, 7) is 1.81. The van der Waals surface area contributed by atoms with Gasteiger partial charge in [0.15, 0.2) is 0 Å². The third-order valence-electron chi connectivity index (χ3n) is 2.46. The lowest BCUT2D eigenvalue weighted by molar-refractivity contribution is 0.326. The standard InChI is InChI=1S/C12H18FNO3S/c1-10(7-11-5-3-2-4-6-11)14-8-12(13)9-18(15,16)17/h2-6,10,12,14H,7-9H2,1H3,(H,15,16,17)/t10?,12-/m1/s1. The van der Waals surface area contributed by atoms with Crippen LogP contribution in [0.15, 0.2) is 30.3 Å². The summed E-state index contributed by atoms with van der Waals surface area (Å²) < 4.78 is 42.6. The maximum absolute atomic E-state index is 13.2. The number of hydrogen-bond acceptors (Lipinski definition) is 3. The zero-order valence-electron chi connectivity index (χ0n) is 10.2. The molecule has 0 saturated carbocycles. The molecule has 4 nitrogen and oxygen atoms in total. The Bertz CT molecular complexity index is 450. The van der Waals surface area contributed by atoms with Crippen LogP contribution in [0.4, 0.5) is 4.39 Å². The third kappa shape index (κ3) is 6.68. The maximum Gasteiger partial charge on any atom is 0.267 e. The summed E-state index contributed by atoms with van der Waals surface area (Å²) in [7, 11) is -4.25. The lowest BCUT2D eigenvalue weighted by Crippen LogP contribution is -2.36. The van der Waals surface area contributed by atoms with Gasteiger partial charge >= 0.3 is 0 Å². The first-order valence-electron chi connectivity index (χ1n) is 5.73. The fraction of sp³-hybridized carbons (Fsp3) is 0.500. The number of hydrogen-bond donors (Lipinski definition) is 2. The third-order valence-corrected chi connectivity index (χ3v) is 3.25. The summed E-state index contributed by atoms with van der Waals surface area (Å²) in [4.78, 5) is 0. The Morgan fingerprint density at radius 3 is 2.50 bits per heavy atom. The highest BCUT2D eigenvalue weighted by Crippen LogP contribution is 2.03. The number of alkyl halides is 1. The van der Waals surface area contributed by atoms with Crippen LogP contribution in [0.25, 0.3) is 0 Å². The molecule has 0 aliphatic carbocycles. The molecular weight excluding hydrogens is 257 g/mol. The fourth-order valence-corrected chi connectivity index (χ4v) is 2.23. The Labute approximate surface area is 107 Å². The first kappa shape index (κ1) is 15.1. The van der Waals surface area contributed by atoms with Crippen molar-refractivity contribution in [2.75, 3.05) is 12.3 Å². The van der Waals surface area contributed by atoms with Gasteiger partial charge in [-0.25, -0.2) is 4.39 Å². The number of benzene rings is 1. The molecule has 102 valence electrons. The van der Waals surface area contributed by atoms with Crippen LogP contribution in [0.2, 0.25) is 0 Å². The van der Waals surface area contributed by atoms with Gasteiger partial charge in [-0.2, -0.15) is 8.42 Å². The van der Waals surface area contributed by atoms with Crippen LogP contribution in [0, 0.1) is 0 Å². The molecule has 0 spiro atoms.